The van der Waals surface area contributed by atoms with Crippen LogP contribution in [0.15, 0.2) is 53.4 Å². The molecular weight excluding hydrogens is 289 g/mol. The standard InChI is InChI=1S/C16H16FNO2S/c1-21(20)15-8-4-13(5-9-15)16(19)18-11-10-12-2-6-14(17)7-3-12/h2-9H,10-11H2,1H3,(H,18,19). The minimum Gasteiger partial charge on any atom is -0.352 e. The molecule has 2 aromatic carbocycles. The summed E-state index contributed by atoms with van der Waals surface area (Å²) in [5.41, 5.74) is 1.50. The average Bonchev–Trinajstić information content (AvgIpc) is 2.49. The van der Waals surface area contributed by atoms with Gasteiger partial charge in [-0.25, -0.2) is 4.39 Å². The van der Waals surface area contributed by atoms with Crippen LogP contribution in [-0.4, -0.2) is 22.9 Å². The first-order valence-corrected chi connectivity index (χ1v) is 8.08. The summed E-state index contributed by atoms with van der Waals surface area (Å²) in [7, 11) is -1.05. The van der Waals surface area contributed by atoms with Crippen LogP contribution < -0.4 is 5.32 Å². The Hall–Kier alpha value is -2.01. The van der Waals surface area contributed by atoms with E-state index in [0.717, 1.165) is 5.56 Å². The maximum absolute atomic E-state index is 12.8. The second-order valence-electron chi connectivity index (χ2n) is 4.61. The highest BCUT2D eigenvalue weighted by Gasteiger charge is 2.05. The van der Waals surface area contributed by atoms with Crippen LogP contribution in [0.3, 0.4) is 0 Å². The van der Waals surface area contributed by atoms with E-state index >= 15 is 0 Å². The summed E-state index contributed by atoms with van der Waals surface area (Å²) in [5, 5.41) is 2.80. The Morgan fingerprint density at radius 1 is 1.10 bits per heavy atom. The Morgan fingerprint density at radius 3 is 2.29 bits per heavy atom. The van der Waals surface area contributed by atoms with Crippen molar-refractivity contribution in [3.63, 3.8) is 0 Å². The lowest BCUT2D eigenvalue weighted by Crippen LogP contribution is -2.25. The highest BCUT2D eigenvalue weighted by molar-refractivity contribution is 7.84. The van der Waals surface area contributed by atoms with Crippen molar-refractivity contribution >= 4 is 16.7 Å². The average molecular weight is 305 g/mol. The summed E-state index contributed by atoms with van der Waals surface area (Å²) in [5.74, 6) is -0.443. The largest absolute Gasteiger partial charge is 0.352 e. The van der Waals surface area contributed by atoms with Crippen molar-refractivity contribution in [1.82, 2.24) is 5.32 Å². The van der Waals surface area contributed by atoms with Crippen molar-refractivity contribution in [3.8, 4) is 0 Å². The first kappa shape index (κ1) is 15.4. The Kier molecular flexibility index (Phi) is 5.22. The Bertz CT molecular complexity index is 638. The summed E-state index contributed by atoms with van der Waals surface area (Å²) in [6, 6.07) is 12.9. The van der Waals surface area contributed by atoms with Gasteiger partial charge in [0.05, 0.1) is 0 Å². The molecule has 0 heterocycles. The van der Waals surface area contributed by atoms with Gasteiger partial charge in [0.15, 0.2) is 0 Å². The molecule has 0 aliphatic heterocycles. The van der Waals surface area contributed by atoms with Gasteiger partial charge in [-0.3, -0.25) is 9.00 Å². The summed E-state index contributed by atoms with van der Waals surface area (Å²) in [6.07, 6.45) is 2.24. The van der Waals surface area contributed by atoms with Crippen molar-refractivity contribution in [2.75, 3.05) is 12.8 Å². The molecule has 21 heavy (non-hydrogen) atoms. The molecule has 5 heteroatoms. The third-order valence-electron chi connectivity index (χ3n) is 3.06. The first-order valence-electron chi connectivity index (χ1n) is 6.52. The molecule has 0 aliphatic carbocycles. The molecular formula is C16H16FNO2S. The van der Waals surface area contributed by atoms with Gasteiger partial charge in [-0.1, -0.05) is 12.1 Å². The minimum atomic E-state index is -1.05. The molecule has 0 fully saturated rings. The zero-order valence-electron chi connectivity index (χ0n) is 11.6. The Balaban J connectivity index is 1.86. The Labute approximate surface area is 125 Å². The van der Waals surface area contributed by atoms with E-state index in [1.54, 1.807) is 42.7 Å². The molecule has 1 N–H and O–H groups in total. The summed E-state index contributed by atoms with van der Waals surface area (Å²) in [6.45, 7) is 0.478. The molecule has 0 saturated heterocycles. The summed E-state index contributed by atoms with van der Waals surface area (Å²) >= 11 is 0. The highest BCUT2D eigenvalue weighted by Crippen LogP contribution is 2.08. The zero-order chi connectivity index (χ0) is 15.2. The van der Waals surface area contributed by atoms with Crippen molar-refractivity contribution in [1.29, 1.82) is 0 Å². The van der Waals surface area contributed by atoms with Crippen molar-refractivity contribution in [3.05, 3.63) is 65.5 Å². The van der Waals surface area contributed by atoms with Crippen LogP contribution in [0.5, 0.6) is 0 Å². The van der Waals surface area contributed by atoms with Gasteiger partial charge in [0.1, 0.15) is 5.82 Å². The smallest absolute Gasteiger partial charge is 0.251 e. The molecule has 0 spiro atoms. The van der Waals surface area contributed by atoms with E-state index in [1.807, 2.05) is 0 Å². The van der Waals surface area contributed by atoms with E-state index in [9.17, 15) is 13.4 Å². The lowest BCUT2D eigenvalue weighted by atomic mass is 10.1. The van der Waals surface area contributed by atoms with Crippen LogP contribution in [0.4, 0.5) is 4.39 Å². The molecule has 2 rings (SSSR count). The number of carbonyl (C=O) groups is 1. The zero-order valence-corrected chi connectivity index (χ0v) is 12.5. The molecule has 0 radical (unpaired) electrons. The maximum atomic E-state index is 12.8. The molecule has 1 unspecified atom stereocenters. The van der Waals surface area contributed by atoms with Crippen LogP contribution in [-0.2, 0) is 17.2 Å². The normalized spacial score (nSPS) is 11.9. The molecule has 0 aromatic heterocycles. The number of hydrogen-bond donors (Lipinski definition) is 1. The lowest BCUT2D eigenvalue weighted by molar-refractivity contribution is 0.0954. The van der Waals surface area contributed by atoms with Gasteiger partial charge in [-0.15, -0.1) is 0 Å². The fourth-order valence-corrected chi connectivity index (χ4v) is 2.39. The van der Waals surface area contributed by atoms with Gasteiger partial charge < -0.3 is 5.32 Å². The second-order valence-corrected chi connectivity index (χ2v) is 5.99. The molecule has 0 saturated carbocycles. The number of amides is 1. The third-order valence-corrected chi connectivity index (χ3v) is 4.00. The number of carbonyl (C=O) groups excluding carboxylic acids is 1. The van der Waals surface area contributed by atoms with Crippen LogP contribution in [0.25, 0.3) is 0 Å². The molecule has 1 amide bonds. The van der Waals surface area contributed by atoms with Gasteiger partial charge >= 0.3 is 0 Å². The number of benzene rings is 2. The van der Waals surface area contributed by atoms with Crippen LogP contribution in [0, 0.1) is 5.82 Å². The second kappa shape index (κ2) is 7.13. The van der Waals surface area contributed by atoms with Gasteiger partial charge in [-0.05, 0) is 48.4 Å². The monoisotopic (exact) mass is 305 g/mol. The van der Waals surface area contributed by atoms with E-state index in [1.165, 1.54) is 12.1 Å². The van der Waals surface area contributed by atoms with Crippen LogP contribution >= 0.6 is 0 Å². The van der Waals surface area contributed by atoms with E-state index < -0.39 is 10.8 Å². The van der Waals surface area contributed by atoms with Gasteiger partial charge in [-0.2, -0.15) is 0 Å². The number of halogens is 1. The molecule has 2 aromatic rings. The maximum Gasteiger partial charge on any atom is 0.251 e. The van der Waals surface area contributed by atoms with Gasteiger partial charge in [0, 0.05) is 34.1 Å². The van der Waals surface area contributed by atoms with Gasteiger partial charge in [0.2, 0.25) is 0 Å². The predicted molar refractivity (Wildman–Crippen MR) is 81.2 cm³/mol. The molecule has 3 nitrogen and oxygen atoms in total. The number of hydrogen-bond acceptors (Lipinski definition) is 2. The van der Waals surface area contributed by atoms with Gasteiger partial charge in [0.25, 0.3) is 5.91 Å². The molecule has 110 valence electrons. The van der Waals surface area contributed by atoms with E-state index in [2.05, 4.69) is 5.32 Å². The lowest BCUT2D eigenvalue weighted by Gasteiger charge is -2.06. The first-order chi connectivity index (χ1) is 10.1. The fraction of sp³-hybridized carbons (Fsp3) is 0.188. The molecule has 0 bridgehead atoms. The topological polar surface area (TPSA) is 46.2 Å². The number of rotatable bonds is 5. The SMILES string of the molecule is CS(=O)c1ccc(C(=O)NCCc2ccc(F)cc2)cc1. The quantitative estimate of drug-likeness (QED) is 0.922. The van der Waals surface area contributed by atoms with Crippen LogP contribution in [0.1, 0.15) is 15.9 Å². The minimum absolute atomic E-state index is 0.175. The predicted octanol–water partition coefficient (Wildman–Crippen LogP) is 2.54. The van der Waals surface area contributed by atoms with Crippen LogP contribution in [0.2, 0.25) is 0 Å². The fourth-order valence-electron chi connectivity index (χ4n) is 1.87. The molecule has 0 aliphatic rings. The summed E-state index contributed by atoms with van der Waals surface area (Å²) < 4.78 is 24.0. The Morgan fingerprint density at radius 2 is 1.71 bits per heavy atom. The number of nitrogens with one attached hydrogen (secondary N) is 1. The van der Waals surface area contributed by atoms with E-state index in [0.29, 0.717) is 23.4 Å². The third kappa shape index (κ3) is 4.49. The van der Waals surface area contributed by atoms with Crippen molar-refractivity contribution in [2.45, 2.75) is 11.3 Å². The highest BCUT2D eigenvalue weighted by atomic mass is 32.2. The summed E-state index contributed by atoms with van der Waals surface area (Å²) in [4.78, 5) is 12.6. The van der Waals surface area contributed by atoms with E-state index in [-0.39, 0.29) is 11.7 Å². The van der Waals surface area contributed by atoms with Crippen molar-refractivity contribution < 1.29 is 13.4 Å². The van der Waals surface area contributed by atoms with Crippen molar-refractivity contribution in [2.24, 2.45) is 0 Å². The molecule has 1 atom stereocenters. The van der Waals surface area contributed by atoms with E-state index in [4.69, 9.17) is 0 Å².